The minimum atomic E-state index is 0.716. The molecule has 0 atom stereocenters. The van der Waals surface area contributed by atoms with Gasteiger partial charge in [-0.05, 0) is 45.0 Å². The third kappa shape index (κ3) is 3.10. The summed E-state index contributed by atoms with van der Waals surface area (Å²) >= 11 is 0. The second kappa shape index (κ2) is 5.16. The molecule has 0 amide bonds. The van der Waals surface area contributed by atoms with Crippen LogP contribution in [0.1, 0.15) is 12.8 Å². The van der Waals surface area contributed by atoms with E-state index in [1.54, 1.807) is 6.20 Å². The lowest BCUT2D eigenvalue weighted by Gasteiger charge is -2.29. The molecule has 1 saturated heterocycles. The van der Waals surface area contributed by atoms with E-state index in [0.29, 0.717) is 5.69 Å². The van der Waals surface area contributed by atoms with E-state index in [2.05, 4.69) is 22.2 Å². The van der Waals surface area contributed by atoms with E-state index in [-0.39, 0.29) is 0 Å². The molecule has 1 aromatic rings. The zero-order valence-electron chi connectivity index (χ0n) is 9.82. The summed E-state index contributed by atoms with van der Waals surface area (Å²) < 4.78 is 0. The molecule has 4 nitrogen and oxygen atoms in total. The number of nitrogens with two attached hydrogens (primary N) is 1. The lowest BCUT2D eigenvalue weighted by Crippen LogP contribution is -2.32. The number of hydrogen-bond donors (Lipinski definition) is 2. The highest BCUT2D eigenvalue weighted by atomic mass is 15.1. The fraction of sp³-hybridized carbons (Fsp3) is 0.583. The number of likely N-dealkylation sites (tertiary alicyclic amines) is 1. The normalized spacial score (nSPS) is 18.6. The molecule has 0 unspecified atom stereocenters. The Balaban J connectivity index is 1.79. The second-order valence-corrected chi connectivity index (χ2v) is 4.63. The number of rotatable bonds is 3. The summed E-state index contributed by atoms with van der Waals surface area (Å²) in [7, 11) is 2.19. The van der Waals surface area contributed by atoms with Crippen LogP contribution in [0.25, 0.3) is 0 Å². The molecule has 4 heteroatoms. The van der Waals surface area contributed by atoms with Gasteiger partial charge in [-0.25, -0.2) is 0 Å². The minimum absolute atomic E-state index is 0.716. The predicted octanol–water partition coefficient (Wildman–Crippen LogP) is 1.42. The fourth-order valence-corrected chi connectivity index (χ4v) is 2.08. The lowest BCUT2D eigenvalue weighted by atomic mass is 9.97. The maximum absolute atomic E-state index is 5.68. The van der Waals surface area contributed by atoms with Crippen molar-refractivity contribution in [1.29, 1.82) is 0 Å². The van der Waals surface area contributed by atoms with Gasteiger partial charge in [0.25, 0.3) is 0 Å². The van der Waals surface area contributed by atoms with E-state index in [9.17, 15) is 0 Å². The zero-order valence-corrected chi connectivity index (χ0v) is 9.82. The van der Waals surface area contributed by atoms with Crippen molar-refractivity contribution in [3.8, 4) is 0 Å². The zero-order chi connectivity index (χ0) is 11.4. The van der Waals surface area contributed by atoms with Gasteiger partial charge in [0, 0.05) is 12.7 Å². The highest BCUT2D eigenvalue weighted by molar-refractivity contribution is 5.51. The van der Waals surface area contributed by atoms with Crippen molar-refractivity contribution in [3.63, 3.8) is 0 Å². The van der Waals surface area contributed by atoms with Crippen LogP contribution in [0.3, 0.4) is 0 Å². The first kappa shape index (κ1) is 11.2. The molecular weight excluding hydrogens is 200 g/mol. The summed E-state index contributed by atoms with van der Waals surface area (Å²) in [6.45, 7) is 3.45. The van der Waals surface area contributed by atoms with Crippen LogP contribution in [0.5, 0.6) is 0 Å². The van der Waals surface area contributed by atoms with Gasteiger partial charge in [0.15, 0.2) is 0 Å². The molecule has 0 bridgehead atoms. The smallest absolute Gasteiger partial charge is 0.0547 e. The number of pyridine rings is 1. The van der Waals surface area contributed by atoms with Crippen LogP contribution >= 0.6 is 0 Å². The molecule has 0 radical (unpaired) electrons. The maximum Gasteiger partial charge on any atom is 0.0547 e. The Labute approximate surface area is 96.8 Å². The molecule has 16 heavy (non-hydrogen) atoms. The summed E-state index contributed by atoms with van der Waals surface area (Å²) in [5, 5.41) is 3.41. The Hall–Kier alpha value is -1.29. The van der Waals surface area contributed by atoms with Gasteiger partial charge in [-0.15, -0.1) is 0 Å². The van der Waals surface area contributed by atoms with Crippen LogP contribution < -0.4 is 11.1 Å². The molecule has 2 heterocycles. The number of aromatic nitrogens is 1. The van der Waals surface area contributed by atoms with E-state index >= 15 is 0 Å². The summed E-state index contributed by atoms with van der Waals surface area (Å²) in [4.78, 5) is 6.45. The lowest BCUT2D eigenvalue weighted by molar-refractivity contribution is 0.226. The van der Waals surface area contributed by atoms with E-state index < -0.39 is 0 Å². The van der Waals surface area contributed by atoms with Crippen LogP contribution in [-0.2, 0) is 0 Å². The van der Waals surface area contributed by atoms with Crippen molar-refractivity contribution in [1.82, 2.24) is 9.88 Å². The molecule has 0 spiro atoms. The van der Waals surface area contributed by atoms with Gasteiger partial charge < -0.3 is 16.0 Å². The van der Waals surface area contributed by atoms with Gasteiger partial charge >= 0.3 is 0 Å². The van der Waals surface area contributed by atoms with Crippen molar-refractivity contribution in [2.24, 2.45) is 5.92 Å². The Morgan fingerprint density at radius 1 is 1.44 bits per heavy atom. The highest BCUT2D eigenvalue weighted by Crippen LogP contribution is 2.17. The molecule has 0 saturated carbocycles. The van der Waals surface area contributed by atoms with Crippen LogP contribution in [-0.4, -0.2) is 36.6 Å². The van der Waals surface area contributed by atoms with Crippen molar-refractivity contribution < 1.29 is 0 Å². The first-order chi connectivity index (χ1) is 7.74. The summed E-state index contributed by atoms with van der Waals surface area (Å²) in [5.41, 5.74) is 7.42. The number of nitrogens with zero attached hydrogens (tertiary/aromatic N) is 2. The third-order valence-corrected chi connectivity index (χ3v) is 3.19. The van der Waals surface area contributed by atoms with Crippen molar-refractivity contribution in [3.05, 3.63) is 18.5 Å². The fourth-order valence-electron chi connectivity index (χ4n) is 2.08. The van der Waals surface area contributed by atoms with Crippen LogP contribution in [0, 0.1) is 5.92 Å². The molecule has 1 aliphatic rings. The standard InChI is InChI=1S/C12H20N4/c1-16-4-2-10(3-5-16)7-15-12-6-11(13)8-14-9-12/h6,8-10,15H,2-5,7,13H2,1H3. The predicted molar refractivity (Wildman–Crippen MR) is 67.4 cm³/mol. The molecule has 1 fully saturated rings. The Morgan fingerprint density at radius 2 is 2.19 bits per heavy atom. The van der Waals surface area contributed by atoms with E-state index in [4.69, 9.17) is 5.73 Å². The van der Waals surface area contributed by atoms with Gasteiger partial charge in [0.2, 0.25) is 0 Å². The number of nitrogens with one attached hydrogen (secondary N) is 1. The number of piperidine rings is 1. The Kier molecular flexibility index (Phi) is 3.62. The summed E-state index contributed by atoms with van der Waals surface area (Å²) in [6, 6.07) is 1.93. The maximum atomic E-state index is 5.68. The van der Waals surface area contributed by atoms with E-state index in [1.165, 1.54) is 25.9 Å². The van der Waals surface area contributed by atoms with Crippen molar-refractivity contribution in [2.45, 2.75) is 12.8 Å². The van der Waals surface area contributed by atoms with E-state index in [1.807, 2.05) is 12.3 Å². The van der Waals surface area contributed by atoms with Gasteiger partial charge in [-0.3, -0.25) is 4.98 Å². The highest BCUT2D eigenvalue weighted by Gasteiger charge is 2.15. The molecule has 88 valence electrons. The molecule has 1 aliphatic heterocycles. The van der Waals surface area contributed by atoms with Gasteiger partial charge in [-0.2, -0.15) is 0 Å². The van der Waals surface area contributed by atoms with Gasteiger partial charge in [0.05, 0.1) is 17.6 Å². The molecule has 3 N–H and O–H groups in total. The first-order valence-corrected chi connectivity index (χ1v) is 5.87. The Bertz CT molecular complexity index is 332. The topological polar surface area (TPSA) is 54.2 Å². The van der Waals surface area contributed by atoms with Crippen LogP contribution in [0.2, 0.25) is 0 Å². The average molecular weight is 220 g/mol. The molecular formula is C12H20N4. The molecule has 0 aromatic carbocycles. The summed E-state index contributed by atoms with van der Waals surface area (Å²) in [5.74, 6) is 0.776. The van der Waals surface area contributed by atoms with Crippen molar-refractivity contribution >= 4 is 11.4 Å². The number of nitrogen functional groups attached to an aromatic ring is 1. The van der Waals surface area contributed by atoms with Crippen LogP contribution in [0.15, 0.2) is 18.5 Å². The third-order valence-electron chi connectivity index (χ3n) is 3.19. The summed E-state index contributed by atoms with van der Waals surface area (Å²) in [6.07, 6.45) is 6.05. The second-order valence-electron chi connectivity index (χ2n) is 4.63. The number of hydrogen-bond acceptors (Lipinski definition) is 4. The molecule has 0 aliphatic carbocycles. The van der Waals surface area contributed by atoms with Crippen molar-refractivity contribution in [2.75, 3.05) is 37.7 Å². The molecule has 1 aromatic heterocycles. The quantitative estimate of drug-likeness (QED) is 0.809. The largest absolute Gasteiger partial charge is 0.397 e. The molecule has 2 rings (SSSR count). The SMILES string of the molecule is CN1CCC(CNc2cncc(N)c2)CC1. The average Bonchev–Trinajstić information content (AvgIpc) is 2.28. The van der Waals surface area contributed by atoms with Crippen LogP contribution in [0.4, 0.5) is 11.4 Å². The Morgan fingerprint density at radius 3 is 2.88 bits per heavy atom. The van der Waals surface area contributed by atoms with Gasteiger partial charge in [-0.1, -0.05) is 0 Å². The first-order valence-electron chi connectivity index (χ1n) is 5.87. The van der Waals surface area contributed by atoms with Gasteiger partial charge in [0.1, 0.15) is 0 Å². The monoisotopic (exact) mass is 220 g/mol. The number of anilines is 2. The minimum Gasteiger partial charge on any atom is -0.397 e. The van der Waals surface area contributed by atoms with E-state index in [0.717, 1.165) is 18.2 Å².